The van der Waals surface area contributed by atoms with Gasteiger partial charge in [0.15, 0.2) is 0 Å². The molecule has 1 aliphatic rings. The van der Waals surface area contributed by atoms with E-state index in [1.54, 1.807) is 24.4 Å². The number of fused-ring (bicyclic) bond motifs is 1. The topological polar surface area (TPSA) is 38.2 Å². The maximum Gasteiger partial charge on any atom is 0.229 e. The van der Waals surface area contributed by atoms with Crippen molar-refractivity contribution in [3.63, 3.8) is 0 Å². The van der Waals surface area contributed by atoms with E-state index in [4.69, 9.17) is 4.74 Å². The summed E-state index contributed by atoms with van der Waals surface area (Å²) in [4.78, 5) is 12.6. The minimum Gasteiger partial charge on any atom is -0.439 e. The van der Waals surface area contributed by atoms with Crippen molar-refractivity contribution >= 4 is 17.3 Å². The van der Waals surface area contributed by atoms with Crippen LogP contribution < -0.4 is 9.64 Å². The van der Waals surface area contributed by atoms with Crippen LogP contribution in [-0.2, 0) is 6.42 Å². The number of anilines is 1. The molecule has 0 saturated heterocycles. The van der Waals surface area contributed by atoms with Gasteiger partial charge in [-0.1, -0.05) is 0 Å². The molecular formula is C18H16FN3OS. The summed E-state index contributed by atoms with van der Waals surface area (Å²) in [6, 6.07) is 10.0. The fourth-order valence-corrected chi connectivity index (χ4v) is 3.90. The summed E-state index contributed by atoms with van der Waals surface area (Å²) in [5, 5.41) is 2.14. The Hall–Kier alpha value is -2.47. The monoisotopic (exact) mass is 341 g/mol. The molecule has 2 aromatic heterocycles. The van der Waals surface area contributed by atoms with Crippen LogP contribution in [0.1, 0.15) is 23.4 Å². The molecule has 1 atom stereocenters. The number of hydrogen-bond donors (Lipinski definition) is 0. The lowest BCUT2D eigenvalue weighted by molar-refractivity contribution is 0.458. The van der Waals surface area contributed by atoms with E-state index in [0.29, 0.717) is 17.6 Å². The van der Waals surface area contributed by atoms with Crippen LogP contribution in [0.25, 0.3) is 0 Å². The van der Waals surface area contributed by atoms with Crippen LogP contribution in [0.15, 0.2) is 48.0 Å². The highest BCUT2D eigenvalue weighted by Gasteiger charge is 2.26. The molecule has 0 bridgehead atoms. The quantitative estimate of drug-likeness (QED) is 0.698. The second-order valence-electron chi connectivity index (χ2n) is 5.67. The molecule has 4 rings (SSSR count). The Labute approximate surface area is 143 Å². The number of aromatic nitrogens is 2. The van der Waals surface area contributed by atoms with Crippen molar-refractivity contribution in [2.75, 3.05) is 11.4 Å². The summed E-state index contributed by atoms with van der Waals surface area (Å²) in [5.74, 6) is 1.36. The minimum absolute atomic E-state index is 0.237. The van der Waals surface area contributed by atoms with E-state index < -0.39 is 0 Å². The Morgan fingerprint density at radius 1 is 1.21 bits per heavy atom. The second kappa shape index (κ2) is 6.20. The zero-order valence-corrected chi connectivity index (χ0v) is 14.0. The van der Waals surface area contributed by atoms with Gasteiger partial charge >= 0.3 is 0 Å². The zero-order chi connectivity index (χ0) is 16.5. The SMILES string of the molecule is CC1c2ccsc2CCN1c1nccc(Oc2ccc(F)cc2)n1. The number of thiophene rings is 1. The highest BCUT2D eigenvalue weighted by Crippen LogP contribution is 2.35. The number of benzene rings is 1. The predicted molar refractivity (Wildman–Crippen MR) is 92.3 cm³/mol. The smallest absolute Gasteiger partial charge is 0.229 e. The molecule has 4 nitrogen and oxygen atoms in total. The van der Waals surface area contributed by atoms with Crippen LogP contribution in [-0.4, -0.2) is 16.5 Å². The Morgan fingerprint density at radius 2 is 2.04 bits per heavy atom. The summed E-state index contributed by atoms with van der Waals surface area (Å²) >= 11 is 1.81. The van der Waals surface area contributed by atoms with E-state index in [-0.39, 0.29) is 11.9 Å². The predicted octanol–water partition coefficient (Wildman–Crippen LogP) is 4.59. The number of halogens is 1. The Bertz CT molecular complexity index is 849. The molecule has 0 amide bonds. The van der Waals surface area contributed by atoms with Gasteiger partial charge in [-0.3, -0.25) is 0 Å². The number of hydrogen-bond acceptors (Lipinski definition) is 5. The Balaban J connectivity index is 1.58. The molecule has 1 aliphatic heterocycles. The molecule has 0 fully saturated rings. The van der Waals surface area contributed by atoms with E-state index in [1.165, 1.54) is 22.6 Å². The van der Waals surface area contributed by atoms with E-state index >= 15 is 0 Å². The molecule has 24 heavy (non-hydrogen) atoms. The van der Waals surface area contributed by atoms with E-state index in [1.807, 2.05) is 11.3 Å². The summed E-state index contributed by atoms with van der Waals surface area (Å²) in [7, 11) is 0. The van der Waals surface area contributed by atoms with Crippen molar-refractivity contribution in [3.8, 4) is 11.6 Å². The number of rotatable bonds is 3. The van der Waals surface area contributed by atoms with Crippen LogP contribution in [0.2, 0.25) is 0 Å². The van der Waals surface area contributed by atoms with Gasteiger partial charge in [0.2, 0.25) is 11.8 Å². The molecule has 0 N–H and O–H groups in total. The third-order valence-electron chi connectivity index (χ3n) is 4.19. The Kier molecular flexibility index (Phi) is 3.90. The van der Waals surface area contributed by atoms with Gasteiger partial charge in [0.1, 0.15) is 11.6 Å². The second-order valence-corrected chi connectivity index (χ2v) is 6.67. The lowest BCUT2D eigenvalue weighted by atomic mass is 10.0. The molecular weight excluding hydrogens is 325 g/mol. The normalized spacial score (nSPS) is 16.8. The highest BCUT2D eigenvalue weighted by molar-refractivity contribution is 7.10. The Morgan fingerprint density at radius 3 is 2.88 bits per heavy atom. The van der Waals surface area contributed by atoms with E-state index in [2.05, 4.69) is 33.2 Å². The van der Waals surface area contributed by atoms with Crippen molar-refractivity contribution in [1.82, 2.24) is 9.97 Å². The van der Waals surface area contributed by atoms with Gasteiger partial charge in [-0.05, 0) is 54.6 Å². The first kappa shape index (κ1) is 15.1. The van der Waals surface area contributed by atoms with Crippen LogP contribution in [0, 0.1) is 5.82 Å². The van der Waals surface area contributed by atoms with Crippen molar-refractivity contribution in [3.05, 3.63) is 64.2 Å². The first-order valence-electron chi connectivity index (χ1n) is 7.80. The van der Waals surface area contributed by atoms with Gasteiger partial charge in [0.05, 0.1) is 6.04 Å². The molecule has 0 spiro atoms. The summed E-state index contributed by atoms with van der Waals surface area (Å²) in [6.07, 6.45) is 2.70. The fraction of sp³-hybridized carbons (Fsp3) is 0.222. The van der Waals surface area contributed by atoms with Crippen LogP contribution in [0.3, 0.4) is 0 Å². The van der Waals surface area contributed by atoms with Gasteiger partial charge in [0.25, 0.3) is 0 Å². The molecule has 0 saturated carbocycles. The molecule has 1 aromatic carbocycles. The largest absolute Gasteiger partial charge is 0.439 e. The van der Waals surface area contributed by atoms with Gasteiger partial charge in [-0.15, -0.1) is 11.3 Å². The van der Waals surface area contributed by atoms with Crippen LogP contribution in [0.5, 0.6) is 11.6 Å². The molecule has 0 aliphatic carbocycles. The highest BCUT2D eigenvalue weighted by atomic mass is 32.1. The summed E-state index contributed by atoms with van der Waals surface area (Å²) in [5.41, 5.74) is 1.35. The lowest BCUT2D eigenvalue weighted by Gasteiger charge is -2.33. The van der Waals surface area contributed by atoms with Gasteiger partial charge < -0.3 is 9.64 Å². The zero-order valence-electron chi connectivity index (χ0n) is 13.1. The molecule has 122 valence electrons. The summed E-state index contributed by atoms with van der Waals surface area (Å²) in [6.45, 7) is 3.05. The standard InChI is InChI=1S/C18H16FN3OS/c1-12-15-8-11-24-16(15)7-10-22(12)18-20-9-6-17(21-18)23-14-4-2-13(19)3-5-14/h2-6,8-9,11-12H,7,10H2,1H3. The molecule has 0 radical (unpaired) electrons. The number of ether oxygens (including phenoxy) is 1. The summed E-state index contributed by atoms with van der Waals surface area (Å²) < 4.78 is 18.7. The van der Waals surface area contributed by atoms with Gasteiger partial charge in [-0.25, -0.2) is 9.37 Å². The van der Waals surface area contributed by atoms with Crippen molar-refractivity contribution in [2.45, 2.75) is 19.4 Å². The van der Waals surface area contributed by atoms with Gasteiger partial charge in [-0.2, -0.15) is 4.98 Å². The van der Waals surface area contributed by atoms with Crippen molar-refractivity contribution in [2.24, 2.45) is 0 Å². The van der Waals surface area contributed by atoms with Crippen molar-refractivity contribution < 1.29 is 9.13 Å². The first-order valence-corrected chi connectivity index (χ1v) is 8.68. The average molecular weight is 341 g/mol. The number of nitrogens with zero attached hydrogens (tertiary/aromatic N) is 3. The minimum atomic E-state index is -0.292. The maximum atomic E-state index is 13.0. The lowest BCUT2D eigenvalue weighted by Crippen LogP contribution is -2.34. The third-order valence-corrected chi connectivity index (χ3v) is 5.18. The van der Waals surface area contributed by atoms with Crippen molar-refractivity contribution in [1.29, 1.82) is 0 Å². The van der Waals surface area contributed by atoms with Crippen LogP contribution in [0.4, 0.5) is 10.3 Å². The molecule has 3 aromatic rings. The molecule has 3 heterocycles. The maximum absolute atomic E-state index is 13.0. The average Bonchev–Trinajstić information content (AvgIpc) is 3.07. The third kappa shape index (κ3) is 2.85. The first-order chi connectivity index (χ1) is 11.7. The molecule has 1 unspecified atom stereocenters. The van der Waals surface area contributed by atoms with E-state index in [0.717, 1.165) is 13.0 Å². The fourth-order valence-electron chi connectivity index (χ4n) is 2.93. The molecule has 6 heteroatoms. The van der Waals surface area contributed by atoms with E-state index in [9.17, 15) is 4.39 Å². The van der Waals surface area contributed by atoms with Crippen LogP contribution >= 0.6 is 11.3 Å². The van der Waals surface area contributed by atoms with Gasteiger partial charge in [0, 0.05) is 23.7 Å².